The minimum absolute atomic E-state index is 0.717. The Balaban J connectivity index is 2.29. The van der Waals surface area contributed by atoms with Crippen LogP contribution >= 0.6 is 33.9 Å². The zero-order valence-corrected chi connectivity index (χ0v) is 10.6. The van der Waals surface area contributed by atoms with Gasteiger partial charge in [-0.1, -0.05) is 0 Å². The van der Waals surface area contributed by atoms with Crippen LogP contribution in [0.1, 0.15) is 5.76 Å². The predicted octanol–water partition coefficient (Wildman–Crippen LogP) is 2.73. The molecule has 5 heteroatoms. The van der Waals surface area contributed by atoms with E-state index in [-0.39, 0.29) is 0 Å². The van der Waals surface area contributed by atoms with Crippen LogP contribution in [0.3, 0.4) is 0 Å². The molecule has 0 spiro atoms. The van der Waals surface area contributed by atoms with E-state index in [1.807, 2.05) is 12.4 Å². The van der Waals surface area contributed by atoms with Crippen LogP contribution in [0.4, 0.5) is 0 Å². The van der Waals surface area contributed by atoms with Crippen molar-refractivity contribution >= 4 is 33.9 Å². The molecule has 0 aliphatic rings. The van der Waals surface area contributed by atoms with Crippen LogP contribution in [-0.2, 0) is 6.54 Å². The molecule has 0 unspecified atom stereocenters. The van der Waals surface area contributed by atoms with Gasteiger partial charge in [0.05, 0.1) is 12.7 Å². The molecule has 74 valence electrons. The van der Waals surface area contributed by atoms with E-state index in [9.17, 15) is 0 Å². The van der Waals surface area contributed by atoms with Crippen molar-refractivity contribution in [1.29, 1.82) is 0 Å². The monoisotopic (exact) mass is 320 g/mol. The Morgan fingerprint density at radius 1 is 1.64 bits per heavy atom. The molecule has 0 aromatic carbocycles. The number of hydrogen-bond donors (Lipinski definition) is 1. The van der Waals surface area contributed by atoms with Crippen LogP contribution < -0.4 is 5.32 Å². The first kappa shape index (κ1) is 10.1. The van der Waals surface area contributed by atoms with E-state index in [0.29, 0.717) is 0 Å². The summed E-state index contributed by atoms with van der Waals surface area (Å²) in [6, 6.07) is 2.06. The number of aromatic nitrogens is 1. The van der Waals surface area contributed by atoms with E-state index in [4.69, 9.17) is 4.42 Å². The summed E-state index contributed by atoms with van der Waals surface area (Å²) in [5, 5.41) is 5.07. The highest BCUT2D eigenvalue weighted by molar-refractivity contribution is 14.1. The van der Waals surface area contributed by atoms with E-state index in [1.165, 1.54) is 3.57 Å². The maximum Gasteiger partial charge on any atom is 0.237 e. The molecule has 0 bridgehead atoms. The average Bonchev–Trinajstić information content (AvgIpc) is 2.74. The first-order valence-electron chi connectivity index (χ1n) is 4.14. The molecule has 0 saturated heterocycles. The smallest absolute Gasteiger partial charge is 0.237 e. The molecule has 2 rings (SSSR count). The summed E-state index contributed by atoms with van der Waals surface area (Å²) >= 11 is 3.93. The summed E-state index contributed by atoms with van der Waals surface area (Å²) in [5.41, 5.74) is 0. The van der Waals surface area contributed by atoms with E-state index in [2.05, 4.69) is 39.0 Å². The van der Waals surface area contributed by atoms with Gasteiger partial charge < -0.3 is 9.73 Å². The normalized spacial score (nSPS) is 10.7. The SMILES string of the molecule is CNCc1cnc(-c2sccc2I)o1. The highest BCUT2D eigenvalue weighted by atomic mass is 127. The summed E-state index contributed by atoms with van der Waals surface area (Å²) in [4.78, 5) is 5.34. The highest BCUT2D eigenvalue weighted by Crippen LogP contribution is 2.29. The van der Waals surface area contributed by atoms with Crippen LogP contribution in [0.5, 0.6) is 0 Å². The lowest BCUT2D eigenvalue weighted by molar-refractivity contribution is 0.504. The standard InChI is InChI=1S/C9H9IN2OS/c1-11-4-6-5-12-9(13-6)8-7(10)2-3-14-8/h2-3,5,11H,4H2,1H3. The molecule has 1 N–H and O–H groups in total. The lowest BCUT2D eigenvalue weighted by Gasteiger charge is -1.92. The first-order valence-corrected chi connectivity index (χ1v) is 6.10. The van der Waals surface area contributed by atoms with Crippen LogP contribution in [0.2, 0.25) is 0 Å². The fraction of sp³-hybridized carbons (Fsp3) is 0.222. The zero-order chi connectivity index (χ0) is 9.97. The van der Waals surface area contributed by atoms with Gasteiger partial charge in [-0.3, -0.25) is 0 Å². The highest BCUT2D eigenvalue weighted by Gasteiger charge is 2.10. The van der Waals surface area contributed by atoms with E-state index < -0.39 is 0 Å². The Bertz CT molecular complexity index is 424. The molecule has 0 aliphatic heterocycles. The van der Waals surface area contributed by atoms with Crippen LogP contribution in [0.25, 0.3) is 10.8 Å². The molecule has 0 atom stereocenters. The quantitative estimate of drug-likeness (QED) is 0.884. The van der Waals surface area contributed by atoms with Crippen molar-refractivity contribution in [2.75, 3.05) is 7.05 Å². The number of thiophene rings is 1. The molecule has 0 amide bonds. The zero-order valence-electron chi connectivity index (χ0n) is 7.58. The topological polar surface area (TPSA) is 38.1 Å². The van der Waals surface area contributed by atoms with Crippen LogP contribution in [0, 0.1) is 3.57 Å². The van der Waals surface area contributed by atoms with Gasteiger partial charge in [-0.15, -0.1) is 11.3 Å². The summed E-state index contributed by atoms with van der Waals surface area (Å²) in [6.45, 7) is 0.717. The Kier molecular flexibility index (Phi) is 3.19. The molecule has 3 nitrogen and oxygen atoms in total. The maximum absolute atomic E-state index is 5.58. The minimum Gasteiger partial charge on any atom is -0.439 e. The van der Waals surface area contributed by atoms with Gasteiger partial charge in [0.2, 0.25) is 5.89 Å². The van der Waals surface area contributed by atoms with Gasteiger partial charge in [0.15, 0.2) is 0 Å². The number of rotatable bonds is 3. The van der Waals surface area contributed by atoms with Crippen molar-refractivity contribution in [2.45, 2.75) is 6.54 Å². The number of oxazole rings is 1. The van der Waals surface area contributed by atoms with E-state index in [1.54, 1.807) is 17.5 Å². The number of halogens is 1. The van der Waals surface area contributed by atoms with Crippen molar-refractivity contribution in [3.8, 4) is 10.8 Å². The molecular weight excluding hydrogens is 311 g/mol. The van der Waals surface area contributed by atoms with E-state index >= 15 is 0 Å². The second-order valence-corrected chi connectivity index (χ2v) is 4.84. The summed E-state index contributed by atoms with van der Waals surface area (Å²) in [5.74, 6) is 1.58. The molecule has 0 fully saturated rings. The molecule has 14 heavy (non-hydrogen) atoms. The van der Waals surface area contributed by atoms with Gasteiger partial charge in [0.1, 0.15) is 10.6 Å². The molecule has 0 saturated carbocycles. The molecule has 0 aliphatic carbocycles. The summed E-state index contributed by atoms with van der Waals surface area (Å²) in [6.07, 6.45) is 1.77. The minimum atomic E-state index is 0.717. The fourth-order valence-electron chi connectivity index (χ4n) is 1.11. The Morgan fingerprint density at radius 3 is 3.14 bits per heavy atom. The van der Waals surface area contributed by atoms with Gasteiger partial charge in [0.25, 0.3) is 0 Å². The van der Waals surface area contributed by atoms with Crippen molar-refractivity contribution < 1.29 is 4.42 Å². The van der Waals surface area contributed by atoms with Gasteiger partial charge in [-0.25, -0.2) is 4.98 Å². The summed E-state index contributed by atoms with van der Waals surface area (Å²) in [7, 11) is 1.89. The number of nitrogens with zero attached hydrogens (tertiary/aromatic N) is 1. The second kappa shape index (κ2) is 4.41. The first-order chi connectivity index (χ1) is 6.81. The predicted molar refractivity (Wildman–Crippen MR) is 65.3 cm³/mol. The Hall–Kier alpha value is -0.400. The van der Waals surface area contributed by atoms with Gasteiger partial charge in [-0.05, 0) is 41.1 Å². The number of hydrogen-bond acceptors (Lipinski definition) is 4. The van der Waals surface area contributed by atoms with Crippen LogP contribution in [0.15, 0.2) is 22.1 Å². The largest absolute Gasteiger partial charge is 0.439 e. The molecule has 0 radical (unpaired) electrons. The lowest BCUT2D eigenvalue weighted by Crippen LogP contribution is -2.03. The lowest BCUT2D eigenvalue weighted by atomic mass is 10.5. The van der Waals surface area contributed by atoms with E-state index in [0.717, 1.165) is 23.1 Å². The summed E-state index contributed by atoms with van der Waals surface area (Å²) < 4.78 is 6.77. The van der Waals surface area contributed by atoms with Crippen molar-refractivity contribution in [2.24, 2.45) is 0 Å². The van der Waals surface area contributed by atoms with Crippen molar-refractivity contribution in [3.63, 3.8) is 0 Å². The second-order valence-electron chi connectivity index (χ2n) is 2.76. The van der Waals surface area contributed by atoms with Crippen LogP contribution in [-0.4, -0.2) is 12.0 Å². The van der Waals surface area contributed by atoms with Gasteiger partial charge in [-0.2, -0.15) is 0 Å². The third-order valence-electron chi connectivity index (χ3n) is 1.72. The van der Waals surface area contributed by atoms with Crippen molar-refractivity contribution in [3.05, 3.63) is 27.0 Å². The molecular formula is C9H9IN2OS. The van der Waals surface area contributed by atoms with Gasteiger partial charge >= 0.3 is 0 Å². The fourth-order valence-corrected chi connectivity index (χ4v) is 2.87. The number of nitrogens with one attached hydrogen (secondary N) is 1. The van der Waals surface area contributed by atoms with Crippen molar-refractivity contribution in [1.82, 2.24) is 10.3 Å². The molecule has 2 heterocycles. The Morgan fingerprint density at radius 2 is 2.50 bits per heavy atom. The molecule has 2 aromatic rings. The third-order valence-corrected chi connectivity index (χ3v) is 3.88. The Labute approximate surface area is 99.7 Å². The molecule has 2 aromatic heterocycles. The average molecular weight is 320 g/mol. The third kappa shape index (κ3) is 1.99. The maximum atomic E-state index is 5.58. The van der Waals surface area contributed by atoms with Gasteiger partial charge in [0, 0.05) is 3.57 Å².